The van der Waals surface area contributed by atoms with E-state index in [4.69, 9.17) is 5.11 Å². The Hall–Kier alpha value is -1.58. The van der Waals surface area contributed by atoms with Crippen molar-refractivity contribution in [3.05, 3.63) is 25.3 Å². The van der Waals surface area contributed by atoms with Crippen molar-refractivity contribution in [2.24, 2.45) is 5.41 Å². The van der Waals surface area contributed by atoms with E-state index in [1.165, 1.54) is 11.9 Å². The van der Waals surface area contributed by atoms with Crippen molar-refractivity contribution in [2.45, 2.75) is 25.3 Å². The maximum Gasteiger partial charge on any atom is 0.326 e. The van der Waals surface area contributed by atoms with Crippen molar-refractivity contribution in [3.8, 4) is 0 Å². The van der Waals surface area contributed by atoms with Crippen LogP contribution in [0.15, 0.2) is 25.3 Å². The first-order valence-corrected chi connectivity index (χ1v) is 5.20. The highest BCUT2D eigenvalue weighted by molar-refractivity contribution is 5.91. The number of carboxylic acids is 1. The average molecular weight is 223 g/mol. The lowest BCUT2D eigenvalue weighted by atomic mass is 9.78. The fourth-order valence-corrected chi connectivity index (χ4v) is 2.34. The lowest BCUT2D eigenvalue weighted by Gasteiger charge is -2.23. The molecule has 1 saturated heterocycles. The van der Waals surface area contributed by atoms with Gasteiger partial charge in [0.2, 0.25) is 5.91 Å². The summed E-state index contributed by atoms with van der Waals surface area (Å²) in [5, 5.41) is 9.02. The van der Waals surface area contributed by atoms with Gasteiger partial charge in [-0.1, -0.05) is 12.2 Å². The summed E-state index contributed by atoms with van der Waals surface area (Å²) in [6.45, 7) is 7.26. The molecule has 1 heterocycles. The van der Waals surface area contributed by atoms with E-state index in [0.29, 0.717) is 19.3 Å². The van der Waals surface area contributed by atoms with Crippen LogP contribution in [0.5, 0.6) is 0 Å². The van der Waals surface area contributed by atoms with Gasteiger partial charge in [0.1, 0.15) is 6.04 Å². The van der Waals surface area contributed by atoms with Crippen LogP contribution in [0.3, 0.4) is 0 Å². The van der Waals surface area contributed by atoms with E-state index >= 15 is 0 Å². The van der Waals surface area contributed by atoms with E-state index < -0.39 is 17.4 Å². The molecule has 0 unspecified atom stereocenters. The van der Waals surface area contributed by atoms with Crippen molar-refractivity contribution in [1.29, 1.82) is 0 Å². The van der Waals surface area contributed by atoms with E-state index in [2.05, 4.69) is 13.2 Å². The second-order valence-electron chi connectivity index (χ2n) is 4.24. The Morgan fingerprint density at radius 1 is 1.56 bits per heavy atom. The van der Waals surface area contributed by atoms with E-state index in [0.717, 1.165) is 0 Å². The van der Waals surface area contributed by atoms with Gasteiger partial charge in [-0.25, -0.2) is 4.79 Å². The molecule has 1 aliphatic heterocycles. The molecule has 16 heavy (non-hydrogen) atoms. The highest BCUT2D eigenvalue weighted by Gasteiger charge is 2.50. The van der Waals surface area contributed by atoms with Crippen LogP contribution in [-0.2, 0) is 9.59 Å². The van der Waals surface area contributed by atoms with Crippen LogP contribution >= 0.6 is 0 Å². The van der Waals surface area contributed by atoms with Crippen molar-refractivity contribution in [3.63, 3.8) is 0 Å². The lowest BCUT2D eigenvalue weighted by molar-refractivity contribution is -0.146. The third-order valence-corrected chi connectivity index (χ3v) is 3.18. The number of rotatable bonds is 5. The molecule has 0 aromatic carbocycles. The normalized spacial score (nSPS) is 23.2. The van der Waals surface area contributed by atoms with Crippen molar-refractivity contribution >= 4 is 11.9 Å². The number of carboxylic acid groups (broad SMARTS) is 1. The predicted octanol–water partition coefficient (Wildman–Crippen LogP) is 1.44. The Kier molecular flexibility index (Phi) is 3.52. The maximum atomic E-state index is 12.1. The Labute approximate surface area is 95.2 Å². The molecule has 1 amide bonds. The van der Waals surface area contributed by atoms with Gasteiger partial charge in [0.05, 0.1) is 5.41 Å². The van der Waals surface area contributed by atoms with Crippen LogP contribution in [0.2, 0.25) is 0 Å². The van der Waals surface area contributed by atoms with E-state index in [1.54, 1.807) is 12.2 Å². The summed E-state index contributed by atoms with van der Waals surface area (Å²) in [5.41, 5.74) is -0.651. The first kappa shape index (κ1) is 12.5. The third kappa shape index (κ3) is 1.87. The Morgan fingerprint density at radius 2 is 2.06 bits per heavy atom. The summed E-state index contributed by atoms with van der Waals surface area (Å²) in [6.07, 6.45) is 4.65. The highest BCUT2D eigenvalue weighted by atomic mass is 16.4. The van der Waals surface area contributed by atoms with Crippen molar-refractivity contribution in [1.82, 2.24) is 4.90 Å². The molecule has 4 heteroatoms. The van der Waals surface area contributed by atoms with Crippen LogP contribution in [0.4, 0.5) is 0 Å². The fraction of sp³-hybridized carbons (Fsp3) is 0.500. The standard InChI is InChI=1S/C12H17NO3/c1-4-6-12(7-5-2)8-9(10(14)15)13(3)11(12)16/h4-5,9H,1-2,6-8H2,3H3,(H,14,15)/t9-/m0/s1. The van der Waals surface area contributed by atoms with Crippen LogP contribution < -0.4 is 0 Å². The molecule has 0 aliphatic carbocycles. The van der Waals surface area contributed by atoms with Crippen molar-refractivity contribution in [2.75, 3.05) is 7.05 Å². The molecule has 0 aromatic heterocycles. The number of hydrogen-bond acceptors (Lipinski definition) is 2. The summed E-state index contributed by atoms with van der Waals surface area (Å²) < 4.78 is 0. The molecule has 1 aliphatic rings. The second-order valence-corrected chi connectivity index (χ2v) is 4.24. The van der Waals surface area contributed by atoms with Gasteiger partial charge in [-0.3, -0.25) is 4.79 Å². The molecule has 0 aromatic rings. The number of likely N-dealkylation sites (N-methyl/N-ethyl adjacent to an activating group) is 1. The molecule has 4 nitrogen and oxygen atoms in total. The Morgan fingerprint density at radius 3 is 2.38 bits per heavy atom. The lowest BCUT2D eigenvalue weighted by Crippen LogP contribution is -2.36. The Bertz CT molecular complexity index is 325. The summed E-state index contributed by atoms with van der Waals surface area (Å²) in [6, 6.07) is -0.729. The first-order valence-electron chi connectivity index (χ1n) is 5.20. The summed E-state index contributed by atoms with van der Waals surface area (Å²) in [7, 11) is 1.54. The smallest absolute Gasteiger partial charge is 0.326 e. The molecule has 1 N–H and O–H groups in total. The minimum absolute atomic E-state index is 0.125. The quantitative estimate of drug-likeness (QED) is 0.717. The molecule has 1 atom stereocenters. The zero-order chi connectivity index (χ0) is 12.3. The monoisotopic (exact) mass is 223 g/mol. The molecule has 1 rings (SSSR count). The van der Waals surface area contributed by atoms with E-state index in [1.807, 2.05) is 0 Å². The highest BCUT2D eigenvalue weighted by Crippen LogP contribution is 2.42. The van der Waals surface area contributed by atoms with Gasteiger partial charge in [-0.05, 0) is 19.3 Å². The minimum Gasteiger partial charge on any atom is -0.480 e. The van der Waals surface area contributed by atoms with Gasteiger partial charge in [-0.2, -0.15) is 0 Å². The predicted molar refractivity (Wildman–Crippen MR) is 60.9 cm³/mol. The molecule has 0 bridgehead atoms. The molecule has 1 fully saturated rings. The van der Waals surface area contributed by atoms with Crippen LogP contribution in [0.25, 0.3) is 0 Å². The maximum absolute atomic E-state index is 12.1. The zero-order valence-electron chi connectivity index (χ0n) is 9.48. The molecule has 88 valence electrons. The third-order valence-electron chi connectivity index (χ3n) is 3.18. The van der Waals surface area contributed by atoms with Crippen LogP contribution in [0, 0.1) is 5.41 Å². The first-order chi connectivity index (χ1) is 7.48. The Balaban J connectivity index is 3.03. The van der Waals surface area contributed by atoms with Gasteiger partial charge in [0, 0.05) is 7.05 Å². The van der Waals surface area contributed by atoms with Gasteiger partial charge in [-0.15, -0.1) is 13.2 Å². The fourth-order valence-electron chi connectivity index (χ4n) is 2.34. The molecular formula is C12H17NO3. The molecule has 0 spiro atoms. The number of carbonyl (C=O) groups excluding carboxylic acids is 1. The minimum atomic E-state index is -0.953. The topological polar surface area (TPSA) is 57.6 Å². The molecular weight excluding hydrogens is 206 g/mol. The number of amides is 1. The van der Waals surface area contributed by atoms with Gasteiger partial charge in [0.15, 0.2) is 0 Å². The number of allylic oxidation sites excluding steroid dienone is 2. The van der Waals surface area contributed by atoms with E-state index in [-0.39, 0.29) is 5.91 Å². The van der Waals surface area contributed by atoms with Gasteiger partial charge < -0.3 is 10.0 Å². The SMILES string of the molecule is C=CCC1(CC=C)C[C@@H](C(=O)O)N(C)C1=O. The second kappa shape index (κ2) is 4.51. The summed E-state index contributed by atoms with van der Waals surface area (Å²) in [5.74, 6) is -1.08. The summed E-state index contributed by atoms with van der Waals surface area (Å²) >= 11 is 0. The number of carbonyl (C=O) groups is 2. The number of likely N-dealkylation sites (tertiary alicyclic amines) is 1. The summed E-state index contributed by atoms with van der Waals surface area (Å²) in [4.78, 5) is 24.4. The van der Waals surface area contributed by atoms with Crippen molar-refractivity contribution < 1.29 is 14.7 Å². The average Bonchev–Trinajstić information content (AvgIpc) is 2.45. The zero-order valence-corrected chi connectivity index (χ0v) is 9.48. The van der Waals surface area contributed by atoms with Gasteiger partial charge in [0.25, 0.3) is 0 Å². The van der Waals surface area contributed by atoms with Crippen LogP contribution in [0.1, 0.15) is 19.3 Å². The van der Waals surface area contributed by atoms with Crippen LogP contribution in [-0.4, -0.2) is 35.0 Å². The molecule has 0 radical (unpaired) electrons. The van der Waals surface area contributed by atoms with E-state index in [9.17, 15) is 9.59 Å². The number of aliphatic carboxylic acids is 1. The molecule has 0 saturated carbocycles. The number of nitrogens with zero attached hydrogens (tertiary/aromatic N) is 1. The largest absolute Gasteiger partial charge is 0.480 e. The number of hydrogen-bond donors (Lipinski definition) is 1. The van der Waals surface area contributed by atoms with Gasteiger partial charge >= 0.3 is 5.97 Å².